The molecule has 11 heteroatoms. The molecule has 0 aliphatic carbocycles. The van der Waals surface area contributed by atoms with Crippen LogP contribution in [0.3, 0.4) is 0 Å². The lowest BCUT2D eigenvalue weighted by molar-refractivity contribution is -0.143. The summed E-state index contributed by atoms with van der Waals surface area (Å²) in [6.45, 7) is 1.18. The van der Waals surface area contributed by atoms with E-state index < -0.39 is 28.0 Å². The number of guanidine groups is 1. The molecule has 10 nitrogen and oxygen atoms in total. The second-order valence-corrected chi connectivity index (χ2v) is 9.41. The van der Waals surface area contributed by atoms with Gasteiger partial charge >= 0.3 is 0 Å². The van der Waals surface area contributed by atoms with Gasteiger partial charge in [-0.3, -0.25) is 14.6 Å². The van der Waals surface area contributed by atoms with Gasteiger partial charge in [-0.1, -0.05) is 30.3 Å². The van der Waals surface area contributed by atoms with Gasteiger partial charge in [0.2, 0.25) is 21.8 Å². The largest absolute Gasteiger partial charge is 0.370 e. The predicted octanol–water partition coefficient (Wildman–Crippen LogP) is -0.692. The van der Waals surface area contributed by atoms with Crippen LogP contribution in [0.2, 0.25) is 0 Å². The molecule has 0 bridgehead atoms. The first-order valence-corrected chi connectivity index (χ1v) is 12.2. The summed E-state index contributed by atoms with van der Waals surface area (Å²) < 4.78 is 26.2. The summed E-state index contributed by atoms with van der Waals surface area (Å²) in [5, 5.41) is 2.83. The number of carbonyl (C=O) groups excluding carboxylic acids is 2. The zero-order chi connectivity index (χ0) is 22.9. The van der Waals surface area contributed by atoms with Crippen LogP contribution < -0.4 is 21.5 Å². The lowest BCUT2D eigenvalue weighted by Crippen LogP contribution is -2.57. The third-order valence-electron chi connectivity index (χ3n) is 4.95. The second kappa shape index (κ2) is 11.7. The van der Waals surface area contributed by atoms with Gasteiger partial charge in [-0.2, -0.15) is 0 Å². The maximum Gasteiger partial charge on any atom is 0.242 e. The molecule has 0 radical (unpaired) electrons. The van der Waals surface area contributed by atoms with Crippen LogP contribution in [-0.4, -0.2) is 69.1 Å². The molecule has 1 aromatic rings. The number of hydrogen-bond donors (Lipinski definition) is 4. The summed E-state index contributed by atoms with van der Waals surface area (Å²) >= 11 is 0. The summed E-state index contributed by atoms with van der Waals surface area (Å²) in [4.78, 5) is 31.4. The minimum Gasteiger partial charge on any atom is -0.370 e. The van der Waals surface area contributed by atoms with Gasteiger partial charge in [0.05, 0.1) is 6.26 Å². The Kier molecular flexibility index (Phi) is 9.25. The standard InChI is InChI=1S/C20H32N6O4S/c1-31(29,30)25-16(14-15-8-3-2-4-9-15)19(28)26-13-6-5-10-17(26)18(27)23-11-7-12-24-20(21)22/h2-4,8-9,16-17,25H,5-7,10-14H2,1H3,(H,23,27)(H4,21,22,24)/t16?,17-/m1/s1. The maximum absolute atomic E-state index is 13.3. The van der Waals surface area contributed by atoms with E-state index in [1.807, 2.05) is 30.3 Å². The first kappa shape index (κ1) is 24.6. The van der Waals surface area contributed by atoms with Gasteiger partial charge < -0.3 is 21.7 Å². The van der Waals surface area contributed by atoms with Gasteiger partial charge in [-0.15, -0.1) is 0 Å². The molecule has 172 valence electrons. The molecule has 0 spiro atoms. The molecule has 6 N–H and O–H groups in total. The van der Waals surface area contributed by atoms with Crippen LogP contribution >= 0.6 is 0 Å². The Morgan fingerprint density at radius 2 is 1.94 bits per heavy atom. The number of amides is 2. The van der Waals surface area contributed by atoms with Crippen molar-refractivity contribution in [3.63, 3.8) is 0 Å². The third kappa shape index (κ3) is 8.54. The zero-order valence-corrected chi connectivity index (χ0v) is 18.6. The highest BCUT2D eigenvalue weighted by Crippen LogP contribution is 2.19. The highest BCUT2D eigenvalue weighted by atomic mass is 32.2. The lowest BCUT2D eigenvalue weighted by atomic mass is 9.98. The summed E-state index contributed by atoms with van der Waals surface area (Å²) in [6, 6.07) is 7.56. The quantitative estimate of drug-likeness (QED) is 0.209. The van der Waals surface area contributed by atoms with Crippen molar-refractivity contribution in [3.8, 4) is 0 Å². The fourth-order valence-electron chi connectivity index (χ4n) is 3.57. The van der Waals surface area contributed by atoms with E-state index in [1.54, 1.807) is 0 Å². The van der Waals surface area contributed by atoms with Crippen molar-refractivity contribution in [2.75, 3.05) is 25.9 Å². The summed E-state index contributed by atoms with van der Waals surface area (Å²) in [5.41, 5.74) is 11.4. The van der Waals surface area contributed by atoms with Gasteiger partial charge in [0.1, 0.15) is 12.1 Å². The first-order chi connectivity index (χ1) is 14.7. The van der Waals surface area contributed by atoms with Crippen LogP contribution in [0.1, 0.15) is 31.2 Å². The van der Waals surface area contributed by atoms with E-state index in [2.05, 4.69) is 15.0 Å². The molecule has 0 saturated carbocycles. The van der Waals surface area contributed by atoms with Crippen molar-refractivity contribution in [1.29, 1.82) is 0 Å². The Morgan fingerprint density at radius 1 is 1.23 bits per heavy atom. The molecule has 1 aromatic carbocycles. The van der Waals surface area contributed by atoms with E-state index in [1.165, 1.54) is 4.90 Å². The molecule has 2 rings (SSSR count). The smallest absolute Gasteiger partial charge is 0.242 e. The van der Waals surface area contributed by atoms with Crippen molar-refractivity contribution < 1.29 is 18.0 Å². The van der Waals surface area contributed by atoms with Gasteiger partial charge in [0, 0.05) is 19.6 Å². The molecular weight excluding hydrogens is 420 g/mol. The average molecular weight is 453 g/mol. The number of nitrogens with one attached hydrogen (secondary N) is 2. The highest BCUT2D eigenvalue weighted by molar-refractivity contribution is 7.88. The van der Waals surface area contributed by atoms with Crippen LogP contribution in [0.15, 0.2) is 35.3 Å². The number of piperidine rings is 1. The Hall–Kier alpha value is -2.66. The summed E-state index contributed by atoms with van der Waals surface area (Å²) in [5.74, 6) is -0.650. The van der Waals surface area contributed by atoms with E-state index in [0.717, 1.165) is 24.7 Å². The number of rotatable bonds is 10. The Morgan fingerprint density at radius 3 is 2.58 bits per heavy atom. The Balaban J connectivity index is 2.09. The molecule has 2 amide bonds. The van der Waals surface area contributed by atoms with Crippen molar-refractivity contribution in [3.05, 3.63) is 35.9 Å². The minimum absolute atomic E-state index is 0.00165. The van der Waals surface area contributed by atoms with Gasteiger partial charge in [0.15, 0.2) is 5.96 Å². The van der Waals surface area contributed by atoms with Crippen molar-refractivity contribution >= 4 is 27.8 Å². The van der Waals surface area contributed by atoms with Gasteiger partial charge in [-0.25, -0.2) is 13.1 Å². The molecule has 1 aliphatic heterocycles. The topological polar surface area (TPSA) is 160 Å². The fraction of sp³-hybridized carbons (Fsp3) is 0.550. The highest BCUT2D eigenvalue weighted by Gasteiger charge is 2.36. The van der Waals surface area contributed by atoms with Crippen molar-refractivity contribution in [2.45, 2.75) is 44.2 Å². The molecule has 0 aromatic heterocycles. The summed E-state index contributed by atoms with van der Waals surface area (Å²) in [6.07, 6.45) is 3.90. The average Bonchev–Trinajstić information content (AvgIpc) is 2.72. The van der Waals surface area contributed by atoms with Gasteiger partial charge in [0.25, 0.3) is 0 Å². The van der Waals surface area contributed by atoms with Crippen LogP contribution in [0.4, 0.5) is 0 Å². The van der Waals surface area contributed by atoms with Crippen LogP contribution in [0, 0.1) is 0 Å². The number of aliphatic imine (C=N–C) groups is 1. The minimum atomic E-state index is -3.62. The Labute approximate surface area is 183 Å². The molecule has 1 aliphatic rings. The lowest BCUT2D eigenvalue weighted by Gasteiger charge is -2.37. The molecule has 1 saturated heterocycles. The third-order valence-corrected chi connectivity index (χ3v) is 5.67. The van der Waals surface area contributed by atoms with Gasteiger partial charge in [-0.05, 0) is 37.7 Å². The SMILES string of the molecule is CS(=O)(=O)NC(Cc1ccccc1)C(=O)N1CCCC[C@@H]1C(=O)NCCCN=C(N)N. The number of carbonyl (C=O) groups is 2. The molecule has 2 atom stereocenters. The maximum atomic E-state index is 13.3. The molecule has 1 unspecified atom stereocenters. The number of nitrogens with two attached hydrogens (primary N) is 2. The normalized spacial score (nSPS) is 17.6. The van der Waals surface area contributed by atoms with Crippen LogP contribution in [0.5, 0.6) is 0 Å². The first-order valence-electron chi connectivity index (χ1n) is 10.3. The van der Waals surface area contributed by atoms with Crippen LogP contribution in [0.25, 0.3) is 0 Å². The van der Waals surface area contributed by atoms with E-state index in [0.29, 0.717) is 32.5 Å². The zero-order valence-electron chi connectivity index (χ0n) is 17.8. The second-order valence-electron chi connectivity index (χ2n) is 7.63. The summed E-state index contributed by atoms with van der Waals surface area (Å²) in [7, 11) is -3.62. The molecule has 31 heavy (non-hydrogen) atoms. The van der Waals surface area contributed by atoms with E-state index in [-0.39, 0.29) is 18.3 Å². The molecular formula is C20H32N6O4S. The number of benzene rings is 1. The Bertz CT molecular complexity index is 871. The molecule has 1 heterocycles. The number of sulfonamides is 1. The number of nitrogens with zero attached hydrogens (tertiary/aromatic N) is 2. The molecule has 1 fully saturated rings. The number of hydrogen-bond acceptors (Lipinski definition) is 5. The fourth-order valence-corrected chi connectivity index (χ4v) is 4.27. The van der Waals surface area contributed by atoms with Crippen LogP contribution in [-0.2, 0) is 26.0 Å². The monoisotopic (exact) mass is 452 g/mol. The van der Waals surface area contributed by atoms with E-state index in [4.69, 9.17) is 11.5 Å². The van der Waals surface area contributed by atoms with E-state index in [9.17, 15) is 18.0 Å². The van der Waals surface area contributed by atoms with Crippen molar-refractivity contribution in [2.24, 2.45) is 16.5 Å². The number of likely N-dealkylation sites (tertiary alicyclic amines) is 1. The predicted molar refractivity (Wildman–Crippen MR) is 120 cm³/mol. The van der Waals surface area contributed by atoms with Crippen molar-refractivity contribution in [1.82, 2.24) is 14.9 Å². The van der Waals surface area contributed by atoms with E-state index >= 15 is 0 Å².